The molecule has 7 nitrogen and oxygen atoms in total. The van der Waals surface area contributed by atoms with Crippen LogP contribution in [-0.2, 0) is 4.79 Å². The largest absolute Gasteiger partial charge is 0.352 e. The molecule has 1 unspecified atom stereocenters. The summed E-state index contributed by atoms with van der Waals surface area (Å²) in [6, 6.07) is 0.248. The van der Waals surface area contributed by atoms with Crippen LogP contribution in [0.5, 0.6) is 0 Å². The number of nitrogens with one attached hydrogen (secondary N) is 3. The van der Waals surface area contributed by atoms with Gasteiger partial charge < -0.3 is 5.32 Å². The first-order chi connectivity index (χ1) is 9.06. The third-order valence-electron chi connectivity index (χ3n) is 3.04. The summed E-state index contributed by atoms with van der Waals surface area (Å²) in [5.41, 5.74) is -1.23. The highest BCUT2D eigenvalue weighted by Gasteiger charge is 2.22. The van der Waals surface area contributed by atoms with E-state index in [1.165, 1.54) is 0 Å². The Morgan fingerprint density at radius 1 is 1.42 bits per heavy atom. The van der Waals surface area contributed by atoms with Gasteiger partial charge in [-0.05, 0) is 19.8 Å². The highest BCUT2D eigenvalue weighted by molar-refractivity contribution is 8.00. The normalized spacial score (nSPS) is 17.3. The van der Waals surface area contributed by atoms with Crippen molar-refractivity contribution in [1.29, 1.82) is 0 Å². The number of aromatic nitrogens is 3. The van der Waals surface area contributed by atoms with Gasteiger partial charge in [-0.3, -0.25) is 14.6 Å². The SMILES string of the molecule is CC(Sc1n[nH]c(=O)[nH]c1=O)C(=O)NC1CCCC1. The maximum atomic E-state index is 11.9. The van der Waals surface area contributed by atoms with Crippen LogP contribution in [0, 0.1) is 0 Å². The van der Waals surface area contributed by atoms with Gasteiger partial charge in [0.05, 0.1) is 5.25 Å². The Kier molecular flexibility index (Phi) is 4.41. The van der Waals surface area contributed by atoms with Crippen molar-refractivity contribution < 1.29 is 4.79 Å². The summed E-state index contributed by atoms with van der Waals surface area (Å²) in [5, 5.41) is 8.40. The highest BCUT2D eigenvalue weighted by Crippen LogP contribution is 2.20. The van der Waals surface area contributed by atoms with Crippen molar-refractivity contribution in [2.75, 3.05) is 0 Å². The molecule has 0 spiro atoms. The minimum atomic E-state index is -0.655. The van der Waals surface area contributed by atoms with Crippen molar-refractivity contribution in [3.63, 3.8) is 0 Å². The number of hydrogen-bond donors (Lipinski definition) is 3. The van der Waals surface area contributed by atoms with Crippen molar-refractivity contribution in [2.24, 2.45) is 0 Å². The van der Waals surface area contributed by atoms with Crippen molar-refractivity contribution in [3.8, 4) is 0 Å². The summed E-state index contributed by atoms with van der Waals surface area (Å²) in [5.74, 6) is -0.107. The molecule has 0 aliphatic heterocycles. The smallest absolute Gasteiger partial charge is 0.342 e. The van der Waals surface area contributed by atoms with Gasteiger partial charge >= 0.3 is 5.69 Å². The van der Waals surface area contributed by atoms with Gasteiger partial charge in [0.15, 0.2) is 5.03 Å². The van der Waals surface area contributed by atoms with Crippen LogP contribution in [0.2, 0.25) is 0 Å². The van der Waals surface area contributed by atoms with E-state index < -0.39 is 16.5 Å². The van der Waals surface area contributed by atoms with Crippen LogP contribution in [0.15, 0.2) is 14.6 Å². The summed E-state index contributed by atoms with van der Waals surface area (Å²) < 4.78 is 0. The maximum Gasteiger partial charge on any atom is 0.342 e. The lowest BCUT2D eigenvalue weighted by Gasteiger charge is -2.15. The molecule has 1 aromatic rings. The van der Waals surface area contributed by atoms with Gasteiger partial charge in [0.1, 0.15) is 0 Å². The van der Waals surface area contributed by atoms with Crippen LogP contribution in [0.4, 0.5) is 0 Å². The third kappa shape index (κ3) is 3.69. The Balaban J connectivity index is 1.95. The zero-order valence-electron chi connectivity index (χ0n) is 10.6. The quantitative estimate of drug-likeness (QED) is 0.674. The molecule has 3 N–H and O–H groups in total. The molecule has 1 aromatic heterocycles. The lowest BCUT2D eigenvalue weighted by atomic mass is 10.2. The van der Waals surface area contributed by atoms with E-state index in [4.69, 9.17) is 0 Å². The molecule has 104 valence electrons. The number of aromatic amines is 2. The van der Waals surface area contributed by atoms with Crippen molar-refractivity contribution in [1.82, 2.24) is 20.5 Å². The molecule has 1 fully saturated rings. The Bertz CT molecular complexity index is 562. The van der Waals surface area contributed by atoms with Crippen LogP contribution in [0.3, 0.4) is 0 Å². The number of thioether (sulfide) groups is 1. The van der Waals surface area contributed by atoms with E-state index >= 15 is 0 Å². The Hall–Kier alpha value is -1.57. The Morgan fingerprint density at radius 2 is 2.11 bits per heavy atom. The Labute approximate surface area is 113 Å². The molecule has 1 aliphatic carbocycles. The fraction of sp³-hybridized carbons (Fsp3) is 0.636. The molecule has 1 amide bonds. The number of nitrogens with zero attached hydrogens (tertiary/aromatic N) is 1. The van der Waals surface area contributed by atoms with E-state index in [1.807, 2.05) is 0 Å². The summed E-state index contributed by atoms with van der Waals surface area (Å²) in [6.45, 7) is 1.71. The number of amides is 1. The first kappa shape index (κ1) is 13.9. The number of carbonyl (C=O) groups excluding carboxylic acids is 1. The third-order valence-corrected chi connectivity index (χ3v) is 4.11. The van der Waals surface area contributed by atoms with Gasteiger partial charge in [-0.1, -0.05) is 24.6 Å². The fourth-order valence-corrected chi connectivity index (χ4v) is 2.79. The zero-order valence-corrected chi connectivity index (χ0v) is 11.4. The van der Waals surface area contributed by atoms with Gasteiger partial charge in [-0.15, -0.1) is 0 Å². The van der Waals surface area contributed by atoms with Crippen LogP contribution in [-0.4, -0.2) is 32.4 Å². The zero-order chi connectivity index (χ0) is 13.8. The van der Waals surface area contributed by atoms with E-state index in [9.17, 15) is 14.4 Å². The van der Waals surface area contributed by atoms with Crippen molar-refractivity contribution >= 4 is 17.7 Å². The van der Waals surface area contributed by atoms with Gasteiger partial charge in [-0.2, -0.15) is 5.10 Å². The second-order valence-electron chi connectivity index (χ2n) is 4.56. The molecule has 2 rings (SSSR count). The predicted octanol–water partition coefficient (Wildman–Crippen LogP) is -0.00240. The lowest BCUT2D eigenvalue weighted by Crippen LogP contribution is -2.38. The average molecular weight is 284 g/mol. The van der Waals surface area contributed by atoms with Gasteiger partial charge in [-0.25, -0.2) is 9.89 Å². The molecular formula is C11H16N4O3S. The summed E-state index contributed by atoms with van der Waals surface area (Å²) in [7, 11) is 0. The molecule has 1 saturated carbocycles. The fourth-order valence-electron chi connectivity index (χ4n) is 2.03. The number of hydrogen-bond acceptors (Lipinski definition) is 5. The minimum Gasteiger partial charge on any atom is -0.352 e. The van der Waals surface area contributed by atoms with Gasteiger partial charge in [0.25, 0.3) is 5.56 Å². The van der Waals surface area contributed by atoms with Crippen molar-refractivity contribution in [2.45, 2.75) is 48.9 Å². The highest BCUT2D eigenvalue weighted by atomic mass is 32.2. The monoisotopic (exact) mass is 284 g/mol. The maximum absolute atomic E-state index is 11.9. The van der Waals surface area contributed by atoms with E-state index in [0.717, 1.165) is 37.4 Å². The van der Waals surface area contributed by atoms with Crippen LogP contribution in [0.1, 0.15) is 32.6 Å². The lowest BCUT2D eigenvalue weighted by molar-refractivity contribution is -0.120. The van der Waals surface area contributed by atoms with E-state index in [1.54, 1.807) is 6.92 Å². The minimum absolute atomic E-state index is 0.0914. The second kappa shape index (κ2) is 6.05. The Morgan fingerprint density at radius 3 is 2.74 bits per heavy atom. The predicted molar refractivity (Wildman–Crippen MR) is 71.2 cm³/mol. The van der Waals surface area contributed by atoms with Crippen LogP contribution in [0.25, 0.3) is 0 Å². The van der Waals surface area contributed by atoms with E-state index in [0.29, 0.717) is 0 Å². The second-order valence-corrected chi connectivity index (χ2v) is 5.89. The molecular weight excluding hydrogens is 268 g/mol. The molecule has 1 aliphatic rings. The molecule has 8 heteroatoms. The van der Waals surface area contributed by atoms with Crippen molar-refractivity contribution in [3.05, 3.63) is 20.8 Å². The molecule has 19 heavy (non-hydrogen) atoms. The van der Waals surface area contributed by atoms with Crippen LogP contribution < -0.4 is 16.6 Å². The van der Waals surface area contributed by atoms with Gasteiger partial charge in [0, 0.05) is 6.04 Å². The molecule has 0 radical (unpaired) electrons. The summed E-state index contributed by atoms with van der Waals surface area (Å²) in [6.07, 6.45) is 4.32. The molecule has 1 atom stereocenters. The van der Waals surface area contributed by atoms with Crippen LogP contribution >= 0.6 is 11.8 Å². The van der Waals surface area contributed by atoms with Gasteiger partial charge in [0.2, 0.25) is 5.91 Å². The summed E-state index contributed by atoms with van der Waals surface area (Å²) >= 11 is 1.03. The topological polar surface area (TPSA) is 108 Å². The van der Waals surface area contributed by atoms with E-state index in [-0.39, 0.29) is 17.0 Å². The first-order valence-electron chi connectivity index (χ1n) is 6.22. The van der Waals surface area contributed by atoms with E-state index in [2.05, 4.69) is 20.5 Å². The molecule has 0 saturated heterocycles. The standard InChI is InChI=1S/C11H16N4O3S/c1-6(8(16)12-7-4-2-3-5-7)19-10-9(17)13-11(18)15-14-10/h6-7H,2-5H2,1H3,(H,12,16)(H2,13,15,17,18). The number of carbonyl (C=O) groups is 1. The first-order valence-corrected chi connectivity index (χ1v) is 7.10. The number of rotatable bonds is 4. The summed E-state index contributed by atoms with van der Waals surface area (Å²) in [4.78, 5) is 36.3. The molecule has 1 heterocycles. The average Bonchev–Trinajstić information content (AvgIpc) is 2.85. The molecule has 0 bridgehead atoms. The molecule has 0 aromatic carbocycles. The number of H-pyrrole nitrogens is 2.